The van der Waals surface area contributed by atoms with Crippen molar-refractivity contribution in [1.29, 1.82) is 0 Å². The highest BCUT2D eigenvalue weighted by Crippen LogP contribution is 2.29. The molecule has 28 heavy (non-hydrogen) atoms. The Balaban J connectivity index is 1.35. The van der Waals surface area contributed by atoms with E-state index in [1.807, 2.05) is 38.7 Å². The average molecular weight is 400 g/mol. The number of aromatic nitrogens is 3. The van der Waals surface area contributed by atoms with Crippen LogP contribution in [0.2, 0.25) is 0 Å². The van der Waals surface area contributed by atoms with E-state index >= 15 is 0 Å². The van der Waals surface area contributed by atoms with Crippen molar-refractivity contribution in [2.45, 2.75) is 24.4 Å². The number of thioether (sulfide) groups is 1. The highest BCUT2D eigenvalue weighted by Gasteiger charge is 2.26. The third-order valence-corrected chi connectivity index (χ3v) is 6.06. The monoisotopic (exact) mass is 399 g/mol. The number of hydrogen-bond acceptors (Lipinski definition) is 7. The first kappa shape index (κ1) is 19.0. The van der Waals surface area contributed by atoms with Gasteiger partial charge in [-0.15, -0.1) is 10.2 Å². The zero-order valence-corrected chi connectivity index (χ0v) is 17.4. The number of nitrogens with zero attached hydrogens (tertiary/aromatic N) is 4. The molecule has 1 N–H and O–H groups in total. The van der Waals surface area contributed by atoms with Crippen molar-refractivity contribution in [1.82, 2.24) is 20.1 Å². The van der Waals surface area contributed by atoms with E-state index in [0.29, 0.717) is 0 Å². The van der Waals surface area contributed by atoms with Crippen molar-refractivity contribution < 1.29 is 9.15 Å². The predicted octanol–water partition coefficient (Wildman–Crippen LogP) is 3.23. The van der Waals surface area contributed by atoms with Gasteiger partial charge in [0.15, 0.2) is 11.0 Å². The maximum absolute atomic E-state index is 6.19. The second kappa shape index (κ2) is 7.98. The number of aryl methyl sites for hydroxylation is 1. The van der Waals surface area contributed by atoms with Gasteiger partial charge in [0.25, 0.3) is 0 Å². The Labute approximate surface area is 169 Å². The molecule has 8 heteroatoms. The van der Waals surface area contributed by atoms with Crippen molar-refractivity contribution in [3.05, 3.63) is 47.9 Å². The molecule has 0 saturated carbocycles. The van der Waals surface area contributed by atoms with Gasteiger partial charge in [0.1, 0.15) is 12.0 Å². The molecule has 2 aromatic heterocycles. The summed E-state index contributed by atoms with van der Waals surface area (Å²) in [5.74, 6) is 2.48. The number of hydrogen-bond donors (Lipinski definition) is 1. The van der Waals surface area contributed by atoms with E-state index in [9.17, 15) is 0 Å². The third-order valence-electron chi connectivity index (χ3n) is 4.90. The Morgan fingerprint density at radius 1 is 1.21 bits per heavy atom. The molecule has 0 unspecified atom stereocenters. The van der Waals surface area contributed by atoms with Gasteiger partial charge in [-0.3, -0.25) is 5.32 Å². The Hall–Kier alpha value is -2.29. The zero-order chi connectivity index (χ0) is 19.7. The van der Waals surface area contributed by atoms with Crippen LogP contribution in [0.5, 0.6) is 0 Å². The van der Waals surface area contributed by atoms with Crippen molar-refractivity contribution >= 4 is 17.4 Å². The highest BCUT2D eigenvalue weighted by molar-refractivity contribution is 7.99. The summed E-state index contributed by atoms with van der Waals surface area (Å²) in [6, 6.07) is 10.4. The lowest BCUT2D eigenvalue weighted by atomic mass is 10.2. The number of anilines is 1. The molecule has 1 aromatic carbocycles. The molecule has 2 atom stereocenters. The predicted molar refractivity (Wildman–Crippen MR) is 111 cm³/mol. The molecule has 1 aliphatic rings. The molecule has 1 aliphatic heterocycles. The number of rotatable bonds is 6. The number of benzene rings is 1. The van der Waals surface area contributed by atoms with E-state index in [2.05, 4.69) is 44.7 Å². The molecule has 0 amide bonds. The van der Waals surface area contributed by atoms with Gasteiger partial charge in [0.05, 0.1) is 17.9 Å². The van der Waals surface area contributed by atoms with Gasteiger partial charge in [0, 0.05) is 39.1 Å². The van der Waals surface area contributed by atoms with Crippen molar-refractivity contribution in [2.75, 3.05) is 31.3 Å². The summed E-state index contributed by atoms with van der Waals surface area (Å²) in [5.41, 5.74) is 3.30. The average Bonchev–Trinajstić information content (AvgIpc) is 3.41. The minimum absolute atomic E-state index is 0.0644. The largest absolute Gasteiger partial charge is 0.469 e. The van der Waals surface area contributed by atoms with Gasteiger partial charge in [-0.1, -0.05) is 23.9 Å². The van der Waals surface area contributed by atoms with Crippen LogP contribution < -0.4 is 10.2 Å². The maximum Gasteiger partial charge on any atom is 0.191 e. The summed E-state index contributed by atoms with van der Waals surface area (Å²) < 4.78 is 13.6. The third kappa shape index (κ3) is 3.80. The Bertz CT molecular complexity index is 934. The van der Waals surface area contributed by atoms with Crippen LogP contribution in [0.3, 0.4) is 0 Å². The fourth-order valence-electron chi connectivity index (χ4n) is 3.23. The molecule has 0 aliphatic carbocycles. The molecule has 1 fully saturated rings. The van der Waals surface area contributed by atoms with E-state index < -0.39 is 0 Å². The lowest BCUT2D eigenvalue weighted by Gasteiger charge is -2.16. The molecular formula is C20H25N5O2S. The van der Waals surface area contributed by atoms with E-state index in [1.165, 1.54) is 5.69 Å². The summed E-state index contributed by atoms with van der Waals surface area (Å²) in [4.78, 5) is 2.09. The van der Waals surface area contributed by atoms with Crippen LogP contribution >= 0.6 is 11.8 Å². The van der Waals surface area contributed by atoms with E-state index in [4.69, 9.17) is 9.15 Å². The summed E-state index contributed by atoms with van der Waals surface area (Å²) >= 11 is 1.66. The summed E-state index contributed by atoms with van der Waals surface area (Å²) in [7, 11) is 6.06. The van der Waals surface area contributed by atoms with Crippen LogP contribution in [-0.4, -0.2) is 47.3 Å². The van der Waals surface area contributed by atoms with E-state index in [0.717, 1.165) is 40.2 Å². The molecule has 0 spiro atoms. The Kier molecular flexibility index (Phi) is 5.43. The molecule has 0 bridgehead atoms. The maximum atomic E-state index is 6.19. The van der Waals surface area contributed by atoms with Crippen LogP contribution in [0, 0.1) is 6.92 Å². The van der Waals surface area contributed by atoms with Crippen LogP contribution in [0.25, 0.3) is 11.4 Å². The summed E-state index contributed by atoms with van der Waals surface area (Å²) in [5, 5.41) is 13.0. The second-order valence-corrected chi connectivity index (χ2v) is 8.09. The lowest BCUT2D eigenvalue weighted by Crippen LogP contribution is -2.17. The van der Waals surface area contributed by atoms with Gasteiger partial charge in [0.2, 0.25) is 0 Å². The van der Waals surface area contributed by atoms with Crippen LogP contribution in [-0.2, 0) is 11.8 Å². The van der Waals surface area contributed by atoms with Gasteiger partial charge in [-0.2, -0.15) is 0 Å². The molecule has 3 heterocycles. The quantitative estimate of drug-likeness (QED) is 0.638. The smallest absolute Gasteiger partial charge is 0.191 e. The first-order valence-electron chi connectivity index (χ1n) is 9.25. The van der Waals surface area contributed by atoms with Gasteiger partial charge in [-0.05, 0) is 30.7 Å². The fraction of sp³-hybridized carbons (Fsp3) is 0.400. The van der Waals surface area contributed by atoms with Gasteiger partial charge < -0.3 is 18.6 Å². The molecular weight excluding hydrogens is 374 g/mol. The highest BCUT2D eigenvalue weighted by atomic mass is 32.2. The molecule has 4 rings (SSSR count). The van der Waals surface area contributed by atoms with Crippen LogP contribution in [0.4, 0.5) is 5.69 Å². The van der Waals surface area contributed by atoms with Crippen molar-refractivity contribution in [2.24, 2.45) is 7.05 Å². The molecule has 3 aromatic rings. The molecule has 0 radical (unpaired) electrons. The van der Waals surface area contributed by atoms with E-state index in [-0.39, 0.29) is 12.3 Å². The molecule has 7 nitrogen and oxygen atoms in total. The topological polar surface area (TPSA) is 68.3 Å². The first-order valence-corrected chi connectivity index (χ1v) is 10.2. The number of furan rings is 1. The Morgan fingerprint density at radius 3 is 2.68 bits per heavy atom. The second-order valence-electron chi connectivity index (χ2n) is 7.10. The molecule has 1 saturated heterocycles. The van der Waals surface area contributed by atoms with Crippen LogP contribution in [0.1, 0.15) is 17.6 Å². The summed E-state index contributed by atoms with van der Waals surface area (Å²) in [6.45, 7) is 2.75. The van der Waals surface area contributed by atoms with Crippen molar-refractivity contribution in [3.8, 4) is 11.4 Å². The standard InChI is InChI=1S/C20H25N5O2S/c1-13-17(9-10-26-13)18-22-23-20(25(18)4)28-12-16-11-21-19(27-16)14-5-7-15(8-6-14)24(2)3/h5-10,16,19,21H,11-12H2,1-4H3/t16-,19-/m0/s1. The first-order chi connectivity index (χ1) is 13.5. The van der Waals surface area contributed by atoms with E-state index in [1.54, 1.807) is 18.0 Å². The van der Waals surface area contributed by atoms with Gasteiger partial charge >= 0.3 is 0 Å². The minimum atomic E-state index is -0.0644. The van der Waals surface area contributed by atoms with Crippen LogP contribution in [0.15, 0.2) is 46.2 Å². The molecule has 148 valence electrons. The fourth-order valence-corrected chi connectivity index (χ4v) is 4.14. The lowest BCUT2D eigenvalue weighted by molar-refractivity contribution is 0.0534. The van der Waals surface area contributed by atoms with Gasteiger partial charge in [-0.25, -0.2) is 0 Å². The zero-order valence-electron chi connectivity index (χ0n) is 16.5. The SMILES string of the molecule is Cc1occc1-c1nnc(SC[C@@H]2CN[C@H](c3ccc(N(C)C)cc3)O2)n1C. The normalized spacial score (nSPS) is 19.3. The van der Waals surface area contributed by atoms with Crippen molar-refractivity contribution in [3.63, 3.8) is 0 Å². The Morgan fingerprint density at radius 2 is 2.00 bits per heavy atom. The number of ether oxygens (including phenoxy) is 1. The number of nitrogens with one attached hydrogen (secondary N) is 1. The summed E-state index contributed by atoms with van der Waals surface area (Å²) in [6.07, 6.45) is 1.74. The minimum Gasteiger partial charge on any atom is -0.469 e.